The number of ether oxygens (including phenoxy) is 2. The van der Waals surface area contributed by atoms with Crippen molar-refractivity contribution in [3.05, 3.63) is 0 Å². The van der Waals surface area contributed by atoms with Crippen molar-refractivity contribution in [3.63, 3.8) is 0 Å². The molecular formula is C44H78Na2O16S2. The van der Waals surface area contributed by atoms with Gasteiger partial charge < -0.3 is 29.3 Å². The second-order valence-corrected chi connectivity index (χ2v) is 20.3. The third-order valence-electron chi connectivity index (χ3n) is 10.2. The Bertz CT molecular complexity index is 1380. The quantitative estimate of drug-likeness (QED) is 0.0289. The Morgan fingerprint density at radius 2 is 0.609 bits per heavy atom. The third-order valence-corrected chi connectivity index (χ3v) is 12.4. The number of carboxylic acids is 2. The molecule has 0 radical (unpaired) electrons. The van der Waals surface area contributed by atoms with Crippen molar-refractivity contribution in [2.75, 3.05) is 0 Å². The van der Waals surface area contributed by atoms with Gasteiger partial charge in [-0.05, 0) is 24.7 Å². The van der Waals surface area contributed by atoms with Crippen LogP contribution in [0.2, 0.25) is 0 Å². The molecule has 0 heterocycles. The standard InChI is InChI=1S/2C22H40O8S.2Na/c2*1-18(2)15-13-11-9-7-5-3-4-6-8-10-12-14-16-21(25)30-22(26)19(17-20(23)24)31(27,28)29;;/h2*18-19H,3-17H2,1-2H3,(H,23,24)(H,27,28,29);;/q;;2*+1/p-2. The molecule has 0 saturated heterocycles. The van der Waals surface area contributed by atoms with Crippen molar-refractivity contribution >= 4 is 56.1 Å². The van der Waals surface area contributed by atoms with Gasteiger partial charge in [0.15, 0.2) is 10.5 Å². The van der Waals surface area contributed by atoms with E-state index in [-0.39, 0.29) is 72.0 Å². The first kappa shape index (κ1) is 69.6. The molecule has 364 valence electrons. The minimum absolute atomic E-state index is 0. The van der Waals surface area contributed by atoms with E-state index in [1.54, 1.807) is 0 Å². The molecule has 0 aromatic carbocycles. The van der Waals surface area contributed by atoms with Gasteiger partial charge in [0.2, 0.25) is 0 Å². The SMILES string of the molecule is CC(C)CCCCCCCCCCCCCCC(=O)OC(=O)C(CC(=O)[O-])S(=O)(=O)O.CC(C)CCCCCCCCCCCCCCC(=O)OC(=O)C(CC(=O)[O-])S(=O)(=O)O.[Na+].[Na+]. The van der Waals surface area contributed by atoms with Crippen LogP contribution in [0.5, 0.6) is 0 Å². The van der Waals surface area contributed by atoms with Crippen LogP contribution in [0, 0.1) is 11.8 Å². The molecule has 0 saturated carbocycles. The largest absolute Gasteiger partial charge is 1.00 e. The number of hydrogen-bond donors (Lipinski definition) is 2. The second kappa shape index (κ2) is 43.3. The van der Waals surface area contributed by atoms with Crippen molar-refractivity contribution in [2.45, 2.75) is 231 Å². The predicted octanol–water partition coefficient (Wildman–Crippen LogP) is 1.15. The molecule has 0 aromatic rings. The Balaban J connectivity index is -0.000000545. The first-order chi connectivity index (χ1) is 29.1. The Morgan fingerprint density at radius 1 is 0.406 bits per heavy atom. The van der Waals surface area contributed by atoms with Crippen LogP contribution < -0.4 is 69.3 Å². The molecule has 0 rings (SSSR count). The zero-order valence-corrected chi connectivity index (χ0v) is 45.6. The van der Waals surface area contributed by atoms with Gasteiger partial charge in [-0.2, -0.15) is 16.8 Å². The Labute approximate surface area is 428 Å². The van der Waals surface area contributed by atoms with Gasteiger partial charge in [-0.3, -0.25) is 28.3 Å². The number of esters is 4. The van der Waals surface area contributed by atoms with Gasteiger partial charge in [-0.15, -0.1) is 0 Å². The first-order valence-corrected chi connectivity index (χ1v) is 25.9. The van der Waals surface area contributed by atoms with Gasteiger partial charge >= 0.3 is 83.0 Å². The van der Waals surface area contributed by atoms with Crippen molar-refractivity contribution in [2.24, 2.45) is 11.8 Å². The number of unbranched alkanes of at least 4 members (excludes halogenated alkanes) is 22. The van der Waals surface area contributed by atoms with Crippen LogP contribution in [-0.2, 0) is 58.5 Å². The molecule has 16 nitrogen and oxygen atoms in total. The topological polar surface area (TPSA) is 276 Å². The third kappa shape index (κ3) is 46.2. The molecule has 0 aromatic heterocycles. The molecule has 64 heavy (non-hydrogen) atoms. The molecule has 0 aliphatic heterocycles. The monoisotopic (exact) mass is 972 g/mol. The van der Waals surface area contributed by atoms with E-state index in [0.717, 1.165) is 63.2 Å². The summed E-state index contributed by atoms with van der Waals surface area (Å²) >= 11 is 0. The van der Waals surface area contributed by atoms with E-state index >= 15 is 0 Å². The molecule has 0 aliphatic carbocycles. The summed E-state index contributed by atoms with van der Waals surface area (Å²) in [5.74, 6) is -7.19. The molecule has 0 bridgehead atoms. The van der Waals surface area contributed by atoms with Crippen LogP contribution in [0.1, 0.15) is 220 Å². The number of rotatable bonds is 38. The average Bonchev–Trinajstić information content (AvgIpc) is 3.15. The van der Waals surface area contributed by atoms with Crippen LogP contribution in [0.4, 0.5) is 0 Å². The number of carbonyl (C=O) groups is 6. The molecule has 20 heteroatoms. The number of aliphatic carboxylic acids is 2. The van der Waals surface area contributed by atoms with Gasteiger partial charge in [0.25, 0.3) is 20.2 Å². The molecule has 0 amide bonds. The van der Waals surface area contributed by atoms with Crippen molar-refractivity contribution in [1.82, 2.24) is 0 Å². The summed E-state index contributed by atoms with van der Waals surface area (Å²) in [6.07, 6.45) is 26.9. The van der Waals surface area contributed by atoms with Crippen LogP contribution in [0.25, 0.3) is 0 Å². The maximum absolute atomic E-state index is 11.6. The van der Waals surface area contributed by atoms with E-state index < -0.39 is 79.4 Å². The Hall–Kier alpha value is -0.960. The van der Waals surface area contributed by atoms with E-state index in [1.165, 1.54) is 103 Å². The number of hydrogen-bond acceptors (Lipinski definition) is 14. The Morgan fingerprint density at radius 3 is 0.797 bits per heavy atom. The van der Waals surface area contributed by atoms with Gasteiger partial charge in [0.05, 0.1) is 0 Å². The number of carbonyl (C=O) groups excluding carboxylic acids is 6. The summed E-state index contributed by atoms with van der Waals surface area (Å²) in [6.45, 7) is 9.05. The summed E-state index contributed by atoms with van der Waals surface area (Å²) in [7, 11) is -10.0. The fourth-order valence-corrected chi connectivity index (χ4v) is 7.84. The van der Waals surface area contributed by atoms with Crippen LogP contribution in [0.15, 0.2) is 0 Å². The Kier molecular flexibility index (Phi) is 47.1. The minimum Gasteiger partial charge on any atom is -0.550 e. The molecule has 2 N–H and O–H groups in total. The summed E-state index contributed by atoms with van der Waals surface area (Å²) in [5.41, 5.74) is 0. The fourth-order valence-electron chi connectivity index (χ4n) is 6.56. The zero-order valence-electron chi connectivity index (χ0n) is 39.9. The predicted molar refractivity (Wildman–Crippen MR) is 231 cm³/mol. The molecular weight excluding hydrogens is 895 g/mol. The van der Waals surface area contributed by atoms with Crippen molar-refractivity contribution in [3.8, 4) is 0 Å². The average molecular weight is 973 g/mol. The minimum atomic E-state index is -5.00. The zero-order chi connectivity index (χ0) is 47.4. The van der Waals surface area contributed by atoms with E-state index in [2.05, 4.69) is 37.2 Å². The van der Waals surface area contributed by atoms with E-state index in [9.17, 15) is 55.8 Å². The van der Waals surface area contributed by atoms with Crippen LogP contribution in [-0.4, -0.2) is 72.3 Å². The van der Waals surface area contributed by atoms with Gasteiger partial charge in [0.1, 0.15) is 0 Å². The first-order valence-electron chi connectivity index (χ1n) is 22.9. The normalized spacial score (nSPS) is 12.2. The van der Waals surface area contributed by atoms with E-state index in [1.807, 2.05) is 0 Å². The van der Waals surface area contributed by atoms with E-state index in [4.69, 9.17) is 9.11 Å². The van der Waals surface area contributed by atoms with Gasteiger partial charge in [-0.1, -0.05) is 182 Å². The molecule has 0 aliphatic rings. The smallest absolute Gasteiger partial charge is 0.550 e. The fraction of sp³-hybridized carbons (Fsp3) is 0.864. The van der Waals surface area contributed by atoms with Crippen LogP contribution >= 0.6 is 0 Å². The van der Waals surface area contributed by atoms with Crippen LogP contribution in [0.3, 0.4) is 0 Å². The van der Waals surface area contributed by atoms with E-state index in [0.29, 0.717) is 12.8 Å². The van der Waals surface area contributed by atoms with Crippen molar-refractivity contribution < 1.29 is 134 Å². The van der Waals surface area contributed by atoms with Crippen molar-refractivity contribution in [1.29, 1.82) is 0 Å². The number of carboxylic acid groups (broad SMARTS) is 2. The summed E-state index contributed by atoms with van der Waals surface area (Å²) in [4.78, 5) is 67.5. The van der Waals surface area contributed by atoms with Gasteiger partial charge in [0, 0.05) is 37.6 Å². The summed E-state index contributed by atoms with van der Waals surface area (Å²) in [5, 5.41) is 16.3. The second-order valence-electron chi connectivity index (χ2n) is 17.1. The maximum atomic E-state index is 11.6. The van der Waals surface area contributed by atoms with Gasteiger partial charge in [-0.25, -0.2) is 0 Å². The maximum Gasteiger partial charge on any atom is 1.00 e. The summed E-state index contributed by atoms with van der Waals surface area (Å²) in [6, 6.07) is 0. The summed E-state index contributed by atoms with van der Waals surface area (Å²) < 4.78 is 70.7. The molecule has 0 fully saturated rings. The molecule has 2 atom stereocenters. The molecule has 0 spiro atoms. The molecule has 2 unspecified atom stereocenters.